The summed E-state index contributed by atoms with van der Waals surface area (Å²) in [4.78, 5) is 7.30. The second-order valence-corrected chi connectivity index (χ2v) is 2.99. The Hall–Kier alpha value is -0.480. The smallest absolute Gasteiger partial charge is 0.121 e. The molecule has 0 atom stereocenters. The van der Waals surface area contributed by atoms with Crippen LogP contribution in [0.5, 0.6) is 0 Å². The molecule has 0 unspecified atom stereocenters. The van der Waals surface area contributed by atoms with Crippen LogP contribution < -0.4 is 5.73 Å². The van der Waals surface area contributed by atoms with Gasteiger partial charge in [0.05, 0.1) is 17.6 Å². The van der Waals surface area contributed by atoms with Gasteiger partial charge in [-0.15, -0.1) is 24.8 Å². The van der Waals surface area contributed by atoms with Crippen molar-refractivity contribution in [2.75, 3.05) is 0 Å². The van der Waals surface area contributed by atoms with Gasteiger partial charge >= 0.3 is 0 Å². The Morgan fingerprint density at radius 1 is 1.36 bits per heavy atom. The van der Waals surface area contributed by atoms with Gasteiger partial charge in [-0.2, -0.15) is 0 Å². The number of H-pyrrole nitrogens is 1. The van der Waals surface area contributed by atoms with Crippen molar-refractivity contribution in [1.29, 1.82) is 0 Å². The number of rotatable bonds is 1. The highest BCUT2D eigenvalue weighted by Crippen LogP contribution is 2.16. The van der Waals surface area contributed by atoms with Gasteiger partial charge in [0.15, 0.2) is 0 Å². The third-order valence-electron chi connectivity index (χ3n) is 1.69. The summed E-state index contributed by atoms with van der Waals surface area (Å²) in [6.45, 7) is 0.423. The van der Waals surface area contributed by atoms with E-state index >= 15 is 0 Å². The molecule has 78 valence electrons. The minimum absolute atomic E-state index is 0. The van der Waals surface area contributed by atoms with Crippen LogP contribution in [-0.2, 0) is 6.54 Å². The highest BCUT2D eigenvalue weighted by molar-refractivity contribution is 6.31. The molecule has 1 heterocycles. The minimum Gasteiger partial charge on any atom is -0.341 e. The predicted molar refractivity (Wildman–Crippen MR) is 63.5 cm³/mol. The molecule has 2 aromatic rings. The number of imidazole rings is 1. The summed E-state index contributed by atoms with van der Waals surface area (Å²) >= 11 is 5.79. The molecular weight excluding hydrogens is 244 g/mol. The summed E-state index contributed by atoms with van der Waals surface area (Å²) in [7, 11) is 0. The molecule has 0 bridgehead atoms. The molecule has 0 amide bonds. The number of halogens is 3. The average Bonchev–Trinajstić information content (AvgIpc) is 2.46. The topological polar surface area (TPSA) is 54.7 Å². The quantitative estimate of drug-likeness (QED) is 0.821. The molecule has 2 rings (SSSR count). The van der Waals surface area contributed by atoms with E-state index in [1.165, 1.54) is 0 Å². The van der Waals surface area contributed by atoms with Gasteiger partial charge in [0.2, 0.25) is 0 Å². The number of aromatic amines is 1. The lowest BCUT2D eigenvalue weighted by Crippen LogP contribution is -1.97. The van der Waals surface area contributed by atoms with Gasteiger partial charge < -0.3 is 10.7 Å². The van der Waals surface area contributed by atoms with E-state index in [9.17, 15) is 0 Å². The maximum Gasteiger partial charge on any atom is 0.121 e. The van der Waals surface area contributed by atoms with E-state index in [4.69, 9.17) is 17.3 Å². The molecule has 1 aromatic carbocycles. The molecule has 3 N–H and O–H groups in total. The van der Waals surface area contributed by atoms with Crippen LogP contribution in [0.1, 0.15) is 5.82 Å². The molecule has 0 saturated carbocycles. The van der Waals surface area contributed by atoms with Gasteiger partial charge in [0.25, 0.3) is 0 Å². The lowest BCUT2D eigenvalue weighted by atomic mass is 10.3. The first-order chi connectivity index (χ1) is 5.79. The Kier molecular flexibility index (Phi) is 5.23. The molecule has 0 aliphatic rings. The highest BCUT2D eigenvalue weighted by atomic mass is 35.5. The van der Waals surface area contributed by atoms with E-state index in [1.807, 2.05) is 18.2 Å². The fourth-order valence-corrected chi connectivity index (χ4v) is 1.30. The average molecular weight is 255 g/mol. The lowest BCUT2D eigenvalue weighted by molar-refractivity contribution is 0.958. The zero-order valence-electron chi connectivity index (χ0n) is 7.16. The SMILES string of the molecule is Cl.Cl.NCc1nc2ccc(Cl)cc2[nH]1. The van der Waals surface area contributed by atoms with Crippen LogP contribution in [0.4, 0.5) is 0 Å². The molecule has 14 heavy (non-hydrogen) atoms. The number of hydrogen-bond donors (Lipinski definition) is 2. The summed E-state index contributed by atoms with van der Waals surface area (Å²) in [6, 6.07) is 5.52. The number of fused-ring (bicyclic) bond motifs is 1. The Bertz CT molecular complexity index is 413. The highest BCUT2D eigenvalue weighted by Gasteiger charge is 2.00. The van der Waals surface area contributed by atoms with Crippen molar-refractivity contribution in [2.24, 2.45) is 5.73 Å². The summed E-state index contributed by atoms with van der Waals surface area (Å²) in [6.07, 6.45) is 0. The Morgan fingerprint density at radius 2 is 2.07 bits per heavy atom. The van der Waals surface area contributed by atoms with Crippen LogP contribution >= 0.6 is 36.4 Å². The lowest BCUT2D eigenvalue weighted by Gasteiger charge is -1.87. The number of nitrogens with one attached hydrogen (secondary N) is 1. The number of nitrogens with zero attached hydrogens (tertiary/aromatic N) is 1. The van der Waals surface area contributed by atoms with Crippen LogP contribution in [0.3, 0.4) is 0 Å². The Balaban J connectivity index is 0.000000845. The van der Waals surface area contributed by atoms with E-state index in [0.29, 0.717) is 11.6 Å². The van der Waals surface area contributed by atoms with Crippen LogP contribution in [0.2, 0.25) is 5.02 Å². The van der Waals surface area contributed by atoms with E-state index in [2.05, 4.69) is 9.97 Å². The summed E-state index contributed by atoms with van der Waals surface area (Å²) in [5.74, 6) is 0.785. The first-order valence-corrected chi connectivity index (χ1v) is 4.01. The molecule has 0 spiro atoms. The largest absolute Gasteiger partial charge is 0.341 e. The molecule has 0 radical (unpaired) electrons. The summed E-state index contributed by atoms with van der Waals surface area (Å²) in [5.41, 5.74) is 7.26. The van der Waals surface area contributed by atoms with Gasteiger partial charge in [-0.05, 0) is 18.2 Å². The van der Waals surface area contributed by atoms with Crippen molar-refractivity contribution in [3.8, 4) is 0 Å². The van der Waals surface area contributed by atoms with Crippen LogP contribution in [0.15, 0.2) is 18.2 Å². The summed E-state index contributed by atoms with van der Waals surface area (Å²) in [5, 5.41) is 0.703. The Labute approximate surface area is 98.9 Å². The Morgan fingerprint density at radius 3 is 2.71 bits per heavy atom. The molecule has 0 fully saturated rings. The standard InChI is InChI=1S/C8H8ClN3.2ClH/c9-5-1-2-6-7(3-5)12-8(4-10)11-6;;/h1-3H,4,10H2,(H,11,12);2*1H. The second kappa shape index (κ2) is 5.41. The number of benzene rings is 1. The molecule has 0 saturated heterocycles. The van der Waals surface area contributed by atoms with Gasteiger partial charge in [0, 0.05) is 5.02 Å². The number of nitrogens with two attached hydrogens (primary N) is 1. The van der Waals surface area contributed by atoms with E-state index < -0.39 is 0 Å². The third-order valence-corrected chi connectivity index (χ3v) is 1.92. The number of aromatic nitrogens is 2. The van der Waals surface area contributed by atoms with Crippen molar-refractivity contribution in [1.82, 2.24) is 9.97 Å². The third kappa shape index (κ3) is 2.51. The first kappa shape index (κ1) is 13.5. The van der Waals surface area contributed by atoms with E-state index in [1.54, 1.807) is 0 Å². The van der Waals surface area contributed by atoms with Crippen molar-refractivity contribution in [3.05, 3.63) is 29.0 Å². The fourth-order valence-electron chi connectivity index (χ4n) is 1.13. The van der Waals surface area contributed by atoms with Crippen molar-refractivity contribution in [2.45, 2.75) is 6.54 Å². The monoisotopic (exact) mass is 253 g/mol. The fraction of sp³-hybridized carbons (Fsp3) is 0.125. The minimum atomic E-state index is 0. The van der Waals surface area contributed by atoms with Crippen molar-refractivity contribution < 1.29 is 0 Å². The van der Waals surface area contributed by atoms with Gasteiger partial charge in [-0.25, -0.2) is 4.98 Å². The van der Waals surface area contributed by atoms with Crippen molar-refractivity contribution >= 4 is 47.4 Å². The van der Waals surface area contributed by atoms with Crippen LogP contribution in [0, 0.1) is 0 Å². The predicted octanol–water partition coefficient (Wildman–Crippen LogP) is 2.52. The molecule has 1 aromatic heterocycles. The van der Waals surface area contributed by atoms with Gasteiger partial charge in [0.1, 0.15) is 5.82 Å². The van der Waals surface area contributed by atoms with Crippen LogP contribution in [0.25, 0.3) is 11.0 Å². The van der Waals surface area contributed by atoms with E-state index in [-0.39, 0.29) is 24.8 Å². The zero-order valence-corrected chi connectivity index (χ0v) is 9.55. The molecular formula is C8H10Cl3N3. The normalized spacial score (nSPS) is 9.29. The first-order valence-electron chi connectivity index (χ1n) is 3.64. The summed E-state index contributed by atoms with van der Waals surface area (Å²) < 4.78 is 0. The number of hydrogen-bond acceptors (Lipinski definition) is 2. The van der Waals surface area contributed by atoms with E-state index in [0.717, 1.165) is 16.9 Å². The maximum atomic E-state index is 5.79. The molecule has 0 aliphatic carbocycles. The molecule has 3 nitrogen and oxygen atoms in total. The van der Waals surface area contributed by atoms with Crippen molar-refractivity contribution in [3.63, 3.8) is 0 Å². The molecule has 0 aliphatic heterocycles. The second-order valence-electron chi connectivity index (χ2n) is 2.55. The zero-order chi connectivity index (χ0) is 8.55. The molecule has 6 heteroatoms. The maximum absolute atomic E-state index is 5.79. The van der Waals surface area contributed by atoms with Crippen LogP contribution in [-0.4, -0.2) is 9.97 Å². The van der Waals surface area contributed by atoms with Gasteiger partial charge in [-0.3, -0.25) is 0 Å². The van der Waals surface area contributed by atoms with Gasteiger partial charge in [-0.1, -0.05) is 11.6 Å².